The van der Waals surface area contributed by atoms with Crippen molar-refractivity contribution >= 4 is 28.2 Å². The molecule has 2 aliphatic heterocycles. The average Bonchev–Trinajstić information content (AvgIpc) is 3.64. The highest BCUT2D eigenvalue weighted by atomic mass is 16.5. The molecule has 2 aliphatic carbocycles. The summed E-state index contributed by atoms with van der Waals surface area (Å²) in [6, 6.07) is 32.4. The number of hydrogen-bond acceptors (Lipinski definition) is 3. The second-order valence-electron chi connectivity index (χ2n) is 11.8. The molecule has 3 nitrogen and oxygen atoms in total. The van der Waals surface area contributed by atoms with Gasteiger partial charge in [-0.2, -0.15) is 0 Å². The van der Waals surface area contributed by atoms with E-state index in [0.29, 0.717) is 11.8 Å². The van der Waals surface area contributed by atoms with Crippen molar-refractivity contribution in [3.63, 3.8) is 0 Å². The zero-order valence-electron chi connectivity index (χ0n) is 22.6. The summed E-state index contributed by atoms with van der Waals surface area (Å²) in [4.78, 5) is 5.08. The van der Waals surface area contributed by atoms with Crippen molar-refractivity contribution in [3.8, 4) is 0 Å². The minimum absolute atomic E-state index is 0.130. The van der Waals surface area contributed by atoms with Crippen LogP contribution in [0.3, 0.4) is 0 Å². The predicted octanol–water partition coefficient (Wildman–Crippen LogP) is 7.39. The lowest BCUT2D eigenvalue weighted by Crippen LogP contribution is -2.36. The zero-order chi connectivity index (χ0) is 25.8. The number of anilines is 2. The van der Waals surface area contributed by atoms with Crippen molar-refractivity contribution in [2.75, 3.05) is 49.2 Å². The highest BCUT2D eigenvalue weighted by Gasteiger charge is 2.55. The van der Waals surface area contributed by atoms with Gasteiger partial charge < -0.3 is 14.5 Å². The maximum Gasteiger partial charge on any atom is 0.0642 e. The molecule has 0 bridgehead atoms. The molecule has 2 heterocycles. The van der Waals surface area contributed by atoms with E-state index in [9.17, 15) is 0 Å². The summed E-state index contributed by atoms with van der Waals surface area (Å²) in [6.45, 7) is 5.90. The highest BCUT2D eigenvalue weighted by molar-refractivity contribution is 6.01. The Kier molecular flexibility index (Phi) is 5.55. The molecule has 8 rings (SSSR count). The van der Waals surface area contributed by atoms with Crippen molar-refractivity contribution in [3.05, 3.63) is 113 Å². The lowest BCUT2D eigenvalue weighted by Gasteiger charge is -2.33. The Labute approximate surface area is 231 Å². The molecule has 0 amide bonds. The molecule has 2 unspecified atom stereocenters. The summed E-state index contributed by atoms with van der Waals surface area (Å²) < 4.78 is 5.71. The van der Waals surface area contributed by atoms with Crippen LogP contribution in [0.2, 0.25) is 0 Å². The van der Waals surface area contributed by atoms with Crippen LogP contribution in [0.5, 0.6) is 0 Å². The first-order valence-corrected chi connectivity index (χ1v) is 14.8. The number of fused-ring (bicyclic) bond motifs is 5. The first-order chi connectivity index (χ1) is 19.3. The molecule has 2 saturated heterocycles. The maximum atomic E-state index is 5.71. The highest BCUT2D eigenvalue weighted by Crippen LogP contribution is 2.64. The van der Waals surface area contributed by atoms with Crippen molar-refractivity contribution in [2.45, 2.75) is 30.6 Å². The van der Waals surface area contributed by atoms with Gasteiger partial charge in [0.1, 0.15) is 0 Å². The van der Waals surface area contributed by atoms with Crippen LogP contribution in [0.4, 0.5) is 11.4 Å². The number of allylic oxidation sites excluding steroid dienone is 1. The van der Waals surface area contributed by atoms with E-state index in [2.05, 4.69) is 107 Å². The summed E-state index contributed by atoms with van der Waals surface area (Å²) in [6.07, 6.45) is 8.86. The van der Waals surface area contributed by atoms with Gasteiger partial charge in [0.25, 0.3) is 0 Å². The van der Waals surface area contributed by atoms with Crippen LogP contribution in [0.1, 0.15) is 47.4 Å². The van der Waals surface area contributed by atoms with E-state index < -0.39 is 0 Å². The number of hydrogen-bond donors (Lipinski definition) is 0. The van der Waals surface area contributed by atoms with E-state index in [4.69, 9.17) is 4.74 Å². The van der Waals surface area contributed by atoms with E-state index in [1.54, 1.807) is 0 Å². The number of morpholine rings is 1. The van der Waals surface area contributed by atoms with Gasteiger partial charge in [0.2, 0.25) is 0 Å². The van der Waals surface area contributed by atoms with E-state index in [-0.39, 0.29) is 5.41 Å². The zero-order valence-corrected chi connectivity index (χ0v) is 22.6. The van der Waals surface area contributed by atoms with Gasteiger partial charge >= 0.3 is 0 Å². The van der Waals surface area contributed by atoms with Crippen LogP contribution < -0.4 is 9.80 Å². The average molecular weight is 513 g/mol. The lowest BCUT2D eigenvalue weighted by atomic mass is 9.70. The third-order valence-electron chi connectivity index (χ3n) is 9.80. The van der Waals surface area contributed by atoms with E-state index in [1.165, 1.54) is 76.8 Å². The van der Waals surface area contributed by atoms with Crippen molar-refractivity contribution in [1.82, 2.24) is 0 Å². The fourth-order valence-corrected chi connectivity index (χ4v) is 7.76. The molecular formula is C36H36N2O. The van der Waals surface area contributed by atoms with Gasteiger partial charge in [-0.25, -0.2) is 0 Å². The normalized spacial score (nSPS) is 25.8. The molecule has 4 aromatic carbocycles. The molecule has 0 N–H and O–H groups in total. The Bertz CT molecular complexity index is 1530. The maximum absolute atomic E-state index is 5.71. The fourth-order valence-electron chi connectivity index (χ4n) is 7.76. The summed E-state index contributed by atoms with van der Waals surface area (Å²) in [5.41, 5.74) is 8.40. The molecule has 3 fully saturated rings. The van der Waals surface area contributed by atoms with Gasteiger partial charge in [-0.1, -0.05) is 78.9 Å². The fraction of sp³-hybridized carbons (Fsp3) is 0.333. The summed E-state index contributed by atoms with van der Waals surface area (Å²) >= 11 is 0. The van der Waals surface area contributed by atoms with Crippen molar-refractivity contribution in [2.24, 2.45) is 5.92 Å². The monoisotopic (exact) mass is 512 g/mol. The molecule has 3 atom stereocenters. The van der Waals surface area contributed by atoms with Gasteiger partial charge in [-0.15, -0.1) is 0 Å². The second-order valence-corrected chi connectivity index (χ2v) is 11.8. The third kappa shape index (κ3) is 3.74. The number of rotatable bonds is 4. The Morgan fingerprint density at radius 1 is 0.692 bits per heavy atom. The van der Waals surface area contributed by atoms with Crippen LogP contribution >= 0.6 is 0 Å². The van der Waals surface area contributed by atoms with Crippen LogP contribution in [-0.4, -0.2) is 39.4 Å². The number of ether oxygens (including phenoxy) is 1. The molecule has 0 radical (unpaired) electrons. The molecule has 196 valence electrons. The molecule has 4 aromatic rings. The Morgan fingerprint density at radius 3 is 2.15 bits per heavy atom. The summed E-state index contributed by atoms with van der Waals surface area (Å²) in [7, 11) is 0. The number of nitrogens with zero attached hydrogens (tertiary/aromatic N) is 2. The smallest absolute Gasteiger partial charge is 0.0642 e. The Balaban J connectivity index is 1.28. The molecule has 0 aromatic heterocycles. The standard InChI is InChI=1S/C36H36N2O/c1-2-8-26(9-3-1)36(27-12-14-28(15-13-27)37-18-6-7-19-37)17-16-30-29-10-4-5-11-31(29)35(38-20-22-39-23-21-38)25-32(30)33-24-34(33)36/h1-5,8-17,25,33-34H,6-7,18-24H2/t33-,34?,36?/m0/s1. The van der Waals surface area contributed by atoms with Gasteiger partial charge in [-0.3, -0.25) is 0 Å². The van der Waals surface area contributed by atoms with E-state index in [1.807, 2.05) is 0 Å². The predicted molar refractivity (Wildman–Crippen MR) is 162 cm³/mol. The van der Waals surface area contributed by atoms with Crippen LogP contribution in [0.15, 0.2) is 91.0 Å². The molecule has 1 saturated carbocycles. The van der Waals surface area contributed by atoms with Crippen molar-refractivity contribution in [1.29, 1.82) is 0 Å². The Morgan fingerprint density at radius 2 is 1.38 bits per heavy atom. The van der Waals surface area contributed by atoms with Crippen molar-refractivity contribution < 1.29 is 4.74 Å². The topological polar surface area (TPSA) is 15.7 Å². The molecule has 0 spiro atoms. The van der Waals surface area contributed by atoms with Crippen LogP contribution in [-0.2, 0) is 10.2 Å². The van der Waals surface area contributed by atoms with Crippen LogP contribution in [0.25, 0.3) is 16.8 Å². The molecular weight excluding hydrogens is 476 g/mol. The first kappa shape index (κ1) is 23.3. The first-order valence-electron chi connectivity index (χ1n) is 14.8. The summed E-state index contributed by atoms with van der Waals surface area (Å²) in [5.74, 6) is 1.10. The van der Waals surface area contributed by atoms with Gasteiger partial charge in [0.15, 0.2) is 0 Å². The van der Waals surface area contributed by atoms with E-state index >= 15 is 0 Å². The third-order valence-corrected chi connectivity index (χ3v) is 9.80. The van der Waals surface area contributed by atoms with Gasteiger partial charge in [0, 0.05) is 48.4 Å². The quantitative estimate of drug-likeness (QED) is 0.283. The van der Waals surface area contributed by atoms with Crippen LogP contribution in [0, 0.1) is 5.92 Å². The molecule has 4 aliphatic rings. The largest absolute Gasteiger partial charge is 0.378 e. The minimum Gasteiger partial charge on any atom is -0.378 e. The van der Waals surface area contributed by atoms with E-state index in [0.717, 1.165) is 26.3 Å². The Hall–Kier alpha value is -3.56. The SMILES string of the molecule is C1=CC(c2ccccc2)(c2ccc(N3CCCC3)cc2)C2C[C@H]2c2cc(N3CCOCC3)c3ccccc3c21. The summed E-state index contributed by atoms with van der Waals surface area (Å²) in [5, 5.41) is 2.74. The lowest BCUT2D eigenvalue weighted by molar-refractivity contribution is 0.123. The minimum atomic E-state index is -0.130. The molecule has 3 heteroatoms. The second kappa shape index (κ2) is 9.27. The molecule has 39 heavy (non-hydrogen) atoms. The number of benzene rings is 4. The van der Waals surface area contributed by atoms with Gasteiger partial charge in [0.05, 0.1) is 13.2 Å². The van der Waals surface area contributed by atoms with Gasteiger partial charge in [-0.05, 0) is 76.9 Å².